The molecule has 2 saturated heterocycles. The highest BCUT2D eigenvalue weighted by atomic mass is 35.5. The van der Waals surface area contributed by atoms with E-state index in [9.17, 15) is 9.59 Å². The molecule has 1 aromatic carbocycles. The van der Waals surface area contributed by atoms with E-state index >= 15 is 0 Å². The van der Waals surface area contributed by atoms with E-state index in [0.29, 0.717) is 60.7 Å². The summed E-state index contributed by atoms with van der Waals surface area (Å²) in [4.78, 5) is 43.4. The Labute approximate surface area is 258 Å². The summed E-state index contributed by atoms with van der Waals surface area (Å²) in [6, 6.07) is 10.4. The number of piperidine rings is 1. The summed E-state index contributed by atoms with van der Waals surface area (Å²) in [6.07, 6.45) is 11.7. The molecule has 0 unspecified atom stereocenters. The summed E-state index contributed by atoms with van der Waals surface area (Å²) in [5.41, 5.74) is 3.37. The predicted octanol–water partition coefficient (Wildman–Crippen LogP) is 7.35. The molecule has 226 valence electrons. The number of carbonyl (C=O) groups is 2. The number of nitrogens with one attached hydrogen (secondary N) is 1. The lowest BCUT2D eigenvalue weighted by Crippen LogP contribution is -2.48. The summed E-state index contributed by atoms with van der Waals surface area (Å²) >= 11 is 6.56. The Balaban J connectivity index is 1.14. The molecule has 3 aromatic rings. The molecule has 3 aliphatic rings. The lowest BCUT2D eigenvalue weighted by atomic mass is 9.77. The van der Waals surface area contributed by atoms with E-state index in [4.69, 9.17) is 21.3 Å². The van der Waals surface area contributed by atoms with Crippen molar-refractivity contribution in [2.24, 2.45) is 5.41 Å². The van der Waals surface area contributed by atoms with Crippen LogP contribution < -0.4 is 10.2 Å². The van der Waals surface area contributed by atoms with Gasteiger partial charge in [-0.2, -0.15) is 0 Å². The Morgan fingerprint density at radius 2 is 1.79 bits per heavy atom. The summed E-state index contributed by atoms with van der Waals surface area (Å²) in [6.45, 7) is 7.20. The molecule has 1 N–H and O–H groups in total. The highest BCUT2D eigenvalue weighted by molar-refractivity contribution is 6.32. The van der Waals surface area contributed by atoms with E-state index in [1.807, 2.05) is 37.8 Å². The van der Waals surface area contributed by atoms with Crippen molar-refractivity contribution in [1.82, 2.24) is 19.9 Å². The second-order valence-corrected chi connectivity index (χ2v) is 13.4. The number of ether oxygens (including phenoxy) is 1. The Hall–Kier alpha value is -3.72. The van der Waals surface area contributed by atoms with E-state index in [1.54, 1.807) is 23.5 Å². The van der Waals surface area contributed by atoms with Gasteiger partial charge in [-0.05, 0) is 76.5 Å². The van der Waals surface area contributed by atoms with Crippen LogP contribution >= 0.6 is 11.6 Å². The first-order chi connectivity index (χ1) is 20.6. The topological polar surface area (TPSA) is 101 Å². The van der Waals surface area contributed by atoms with Gasteiger partial charge in [0.25, 0.3) is 0 Å². The maximum atomic E-state index is 13.7. The highest BCUT2D eigenvalue weighted by Crippen LogP contribution is 2.43. The minimum atomic E-state index is -0.545. The second-order valence-electron chi connectivity index (χ2n) is 13.0. The van der Waals surface area contributed by atoms with Crippen LogP contribution in [0.2, 0.25) is 5.02 Å². The fourth-order valence-electron chi connectivity index (χ4n) is 6.58. The quantitative estimate of drug-likeness (QED) is 0.326. The maximum Gasteiger partial charge on any atom is 0.410 e. The third-order valence-electron chi connectivity index (χ3n) is 8.91. The van der Waals surface area contributed by atoms with Gasteiger partial charge in [-0.25, -0.2) is 14.8 Å². The van der Waals surface area contributed by atoms with Crippen LogP contribution in [0.15, 0.2) is 48.9 Å². The van der Waals surface area contributed by atoms with Crippen molar-refractivity contribution >= 4 is 40.9 Å². The number of anilines is 3. The number of pyridine rings is 1. The molecule has 3 fully saturated rings. The molecule has 6 rings (SSSR count). The van der Waals surface area contributed by atoms with Crippen LogP contribution in [0.1, 0.15) is 77.2 Å². The number of aromatic nitrogens is 3. The van der Waals surface area contributed by atoms with Gasteiger partial charge in [0.1, 0.15) is 5.60 Å². The zero-order valence-electron chi connectivity index (χ0n) is 25.1. The van der Waals surface area contributed by atoms with E-state index < -0.39 is 11.0 Å². The third-order valence-corrected chi connectivity index (χ3v) is 9.18. The molecular weight excluding hydrogens is 564 g/mol. The molecular formula is C33H39ClN6O3. The van der Waals surface area contributed by atoms with Crippen molar-refractivity contribution < 1.29 is 14.3 Å². The predicted molar refractivity (Wildman–Crippen MR) is 168 cm³/mol. The van der Waals surface area contributed by atoms with Crippen LogP contribution in [0.3, 0.4) is 0 Å². The number of carbonyl (C=O) groups excluding carboxylic acids is 2. The number of benzene rings is 1. The van der Waals surface area contributed by atoms with E-state index in [-0.39, 0.29) is 12.0 Å². The molecule has 0 bridgehead atoms. The number of amides is 2. The smallest absolute Gasteiger partial charge is 0.410 e. The van der Waals surface area contributed by atoms with Gasteiger partial charge in [0.15, 0.2) is 0 Å². The first-order valence-corrected chi connectivity index (χ1v) is 15.6. The van der Waals surface area contributed by atoms with E-state index in [2.05, 4.69) is 33.5 Å². The van der Waals surface area contributed by atoms with Crippen LogP contribution in [-0.2, 0) is 9.53 Å². The van der Waals surface area contributed by atoms with E-state index in [0.717, 1.165) is 17.7 Å². The zero-order valence-corrected chi connectivity index (χ0v) is 25.9. The highest BCUT2D eigenvalue weighted by Gasteiger charge is 2.49. The fraction of sp³-hybridized carbons (Fsp3) is 0.485. The van der Waals surface area contributed by atoms with Crippen molar-refractivity contribution in [3.63, 3.8) is 0 Å². The average Bonchev–Trinajstić information content (AvgIpc) is 3.63. The number of nitrogens with zero attached hydrogens (tertiary/aromatic N) is 5. The fourth-order valence-corrected chi connectivity index (χ4v) is 6.78. The first kappa shape index (κ1) is 29.4. The number of rotatable bonds is 5. The summed E-state index contributed by atoms with van der Waals surface area (Å²) < 4.78 is 5.53. The third kappa shape index (κ3) is 6.32. The van der Waals surface area contributed by atoms with Crippen molar-refractivity contribution in [1.29, 1.82) is 0 Å². The van der Waals surface area contributed by atoms with Crippen LogP contribution in [0.5, 0.6) is 0 Å². The van der Waals surface area contributed by atoms with E-state index in [1.165, 1.54) is 31.2 Å². The molecule has 1 aliphatic carbocycles. The summed E-state index contributed by atoms with van der Waals surface area (Å²) in [7, 11) is 0. The van der Waals surface area contributed by atoms with Gasteiger partial charge >= 0.3 is 6.09 Å². The van der Waals surface area contributed by atoms with Gasteiger partial charge in [-0.3, -0.25) is 9.78 Å². The van der Waals surface area contributed by atoms with Crippen LogP contribution in [0.25, 0.3) is 11.3 Å². The standard InChI is InChI=1S/C33H39ClN6O3/c1-32(2,3)43-31(42)39-14-11-33(12-15-39)13-16-40(29(33)41)26-18-25(19-35-20-26)37-30-36-21-27(34)28(38-30)24-10-6-9-23(17-24)22-7-4-5-8-22/h6,9-10,17-22H,4-5,7-8,11-16H2,1-3H3,(H,36,37,38). The average molecular weight is 603 g/mol. The Morgan fingerprint density at radius 3 is 2.53 bits per heavy atom. The molecule has 10 heteroatoms. The Morgan fingerprint density at radius 1 is 1.05 bits per heavy atom. The lowest BCUT2D eigenvalue weighted by molar-refractivity contribution is -0.128. The second kappa shape index (κ2) is 11.8. The molecule has 2 aliphatic heterocycles. The monoisotopic (exact) mass is 602 g/mol. The van der Waals surface area contributed by atoms with Crippen LogP contribution in [0, 0.1) is 5.41 Å². The number of likely N-dealkylation sites (tertiary alicyclic amines) is 1. The molecule has 1 saturated carbocycles. The molecule has 0 atom stereocenters. The van der Waals surface area contributed by atoms with Crippen LogP contribution in [-0.4, -0.2) is 57.1 Å². The Bertz CT molecular complexity index is 1510. The van der Waals surface area contributed by atoms with Crippen molar-refractivity contribution in [3.8, 4) is 11.3 Å². The van der Waals surface area contributed by atoms with Gasteiger partial charge in [-0.15, -0.1) is 0 Å². The molecule has 2 aromatic heterocycles. The Kier molecular flexibility index (Phi) is 8.02. The summed E-state index contributed by atoms with van der Waals surface area (Å²) in [5, 5.41) is 3.75. The molecule has 2 amide bonds. The summed E-state index contributed by atoms with van der Waals surface area (Å²) in [5.74, 6) is 1.09. The van der Waals surface area contributed by atoms with Gasteiger partial charge < -0.3 is 19.9 Å². The normalized spacial score (nSPS) is 18.8. The number of hydrogen-bond donors (Lipinski definition) is 1. The zero-order chi connectivity index (χ0) is 30.2. The van der Waals surface area contributed by atoms with Gasteiger partial charge in [0.05, 0.1) is 46.1 Å². The minimum absolute atomic E-state index is 0.0856. The van der Waals surface area contributed by atoms with Crippen molar-refractivity contribution in [2.45, 2.75) is 77.2 Å². The molecule has 4 heterocycles. The number of halogens is 1. The number of hydrogen-bond acceptors (Lipinski definition) is 7. The van der Waals surface area contributed by atoms with Crippen molar-refractivity contribution in [3.05, 3.63) is 59.5 Å². The van der Waals surface area contributed by atoms with Crippen LogP contribution in [0.4, 0.5) is 22.1 Å². The largest absolute Gasteiger partial charge is 0.444 e. The molecule has 1 spiro atoms. The minimum Gasteiger partial charge on any atom is -0.444 e. The SMILES string of the molecule is CC(C)(C)OC(=O)N1CCC2(CC1)CCN(c1cncc(Nc3ncc(Cl)c(-c4cccc(C5CCCC5)c4)n3)c1)C2=O. The van der Waals surface area contributed by atoms with Gasteiger partial charge in [0, 0.05) is 25.2 Å². The molecule has 0 radical (unpaired) electrons. The van der Waals surface area contributed by atoms with Crippen molar-refractivity contribution in [2.75, 3.05) is 29.9 Å². The van der Waals surface area contributed by atoms with Gasteiger partial charge in [0.2, 0.25) is 11.9 Å². The molecule has 9 nitrogen and oxygen atoms in total. The van der Waals surface area contributed by atoms with Gasteiger partial charge in [-0.1, -0.05) is 42.6 Å². The maximum absolute atomic E-state index is 13.7. The molecule has 43 heavy (non-hydrogen) atoms. The lowest BCUT2D eigenvalue weighted by Gasteiger charge is -2.38. The first-order valence-electron chi connectivity index (χ1n) is 15.3.